The second-order valence-corrected chi connectivity index (χ2v) is 8.50. The Morgan fingerprint density at radius 1 is 0.963 bits per heavy atom. The van der Waals surface area contributed by atoms with Gasteiger partial charge in [-0.3, -0.25) is 4.90 Å². The Morgan fingerprint density at radius 2 is 1.67 bits per heavy atom. The van der Waals surface area contributed by atoms with Crippen LogP contribution in [0.1, 0.15) is 43.6 Å². The van der Waals surface area contributed by atoms with E-state index in [9.17, 15) is 0 Å². The quantitative estimate of drug-likeness (QED) is 0.784. The molecule has 2 aliphatic heterocycles. The van der Waals surface area contributed by atoms with Crippen LogP contribution >= 0.6 is 0 Å². The van der Waals surface area contributed by atoms with Gasteiger partial charge in [0, 0.05) is 18.7 Å². The lowest BCUT2D eigenvalue weighted by Crippen LogP contribution is -2.52. The lowest BCUT2D eigenvalue weighted by molar-refractivity contribution is -0.110. The summed E-state index contributed by atoms with van der Waals surface area (Å²) >= 11 is 0. The van der Waals surface area contributed by atoms with Gasteiger partial charge in [0.15, 0.2) is 23.8 Å². The molecule has 0 amide bonds. The maximum absolute atomic E-state index is 6.70. The zero-order valence-electron chi connectivity index (χ0n) is 16.7. The molecule has 4 heteroatoms. The molecule has 2 atom stereocenters. The minimum absolute atomic E-state index is 0.0192. The molecule has 0 N–H and O–H groups in total. The van der Waals surface area contributed by atoms with Crippen LogP contribution in [-0.2, 0) is 10.2 Å². The van der Waals surface area contributed by atoms with Crippen molar-refractivity contribution < 1.29 is 14.2 Å². The summed E-state index contributed by atoms with van der Waals surface area (Å²) in [7, 11) is 0. The van der Waals surface area contributed by atoms with E-state index in [1.807, 2.05) is 6.07 Å². The molecule has 4 rings (SSSR count). The van der Waals surface area contributed by atoms with Gasteiger partial charge in [0.2, 0.25) is 0 Å². The molecule has 2 aromatic rings. The minimum atomic E-state index is -0.161. The fraction of sp³-hybridized carbons (Fsp3) is 0.478. The number of morpholine rings is 1. The molecular formula is C23H29NO3. The number of nitrogens with zero attached hydrogens (tertiary/aromatic N) is 1. The Hall–Kier alpha value is -2.04. The van der Waals surface area contributed by atoms with Crippen molar-refractivity contribution in [2.45, 2.75) is 45.4 Å². The van der Waals surface area contributed by atoms with Gasteiger partial charge >= 0.3 is 0 Å². The third-order valence-electron chi connectivity index (χ3n) is 5.29. The molecule has 0 bridgehead atoms. The summed E-state index contributed by atoms with van der Waals surface area (Å²) in [4.78, 5) is 2.34. The predicted octanol–water partition coefficient (Wildman–Crippen LogP) is 4.46. The maximum Gasteiger partial charge on any atom is 0.194 e. The summed E-state index contributed by atoms with van der Waals surface area (Å²) in [5.74, 6) is 1.73. The molecule has 2 aromatic carbocycles. The first-order valence-electron chi connectivity index (χ1n) is 9.79. The largest absolute Gasteiger partial charge is 0.476 e. The van der Waals surface area contributed by atoms with Crippen molar-refractivity contribution in [3.05, 3.63) is 59.2 Å². The third kappa shape index (κ3) is 3.69. The first-order chi connectivity index (χ1) is 12.9. The summed E-state index contributed by atoms with van der Waals surface area (Å²) in [5.41, 5.74) is 3.51. The first-order valence-corrected chi connectivity index (χ1v) is 9.79. The van der Waals surface area contributed by atoms with Gasteiger partial charge in [0.05, 0.1) is 13.2 Å². The SMILES string of the molecule is Cc1cc2c(c(C(C)(C)C)c1)OC(N1CCOCC1)C(c1ccccc1)O2. The van der Waals surface area contributed by atoms with Crippen LogP contribution in [0.5, 0.6) is 11.5 Å². The van der Waals surface area contributed by atoms with Crippen LogP contribution in [0.25, 0.3) is 0 Å². The van der Waals surface area contributed by atoms with E-state index in [0.717, 1.165) is 43.4 Å². The molecule has 2 aliphatic rings. The Bertz CT molecular complexity index is 791. The van der Waals surface area contributed by atoms with Gasteiger partial charge in [0.1, 0.15) is 0 Å². The molecule has 1 saturated heterocycles. The summed E-state index contributed by atoms with van der Waals surface area (Å²) in [5, 5.41) is 0. The van der Waals surface area contributed by atoms with Crippen LogP contribution in [0.3, 0.4) is 0 Å². The lowest BCUT2D eigenvalue weighted by atomic mass is 9.85. The standard InChI is InChI=1S/C23H29NO3/c1-16-14-18(23(2,3)4)21-19(15-16)26-20(17-8-6-5-7-9-17)22(27-21)24-10-12-25-13-11-24/h5-9,14-15,20,22H,10-13H2,1-4H3. The van der Waals surface area contributed by atoms with E-state index >= 15 is 0 Å². The van der Waals surface area contributed by atoms with Crippen molar-refractivity contribution in [3.8, 4) is 11.5 Å². The molecule has 0 aromatic heterocycles. The number of ether oxygens (including phenoxy) is 3. The lowest BCUT2D eigenvalue weighted by Gasteiger charge is -2.43. The highest BCUT2D eigenvalue weighted by Crippen LogP contribution is 2.46. The average Bonchev–Trinajstić information content (AvgIpc) is 2.67. The Kier molecular flexibility index (Phi) is 4.87. The third-order valence-corrected chi connectivity index (χ3v) is 5.29. The van der Waals surface area contributed by atoms with Crippen LogP contribution in [0, 0.1) is 6.92 Å². The van der Waals surface area contributed by atoms with E-state index in [1.54, 1.807) is 0 Å². The van der Waals surface area contributed by atoms with E-state index in [2.05, 4.69) is 69.0 Å². The summed E-state index contributed by atoms with van der Waals surface area (Å²) in [6.45, 7) is 11.9. The van der Waals surface area contributed by atoms with Crippen molar-refractivity contribution in [1.29, 1.82) is 0 Å². The summed E-state index contributed by atoms with van der Waals surface area (Å²) < 4.78 is 18.8. The van der Waals surface area contributed by atoms with Gasteiger partial charge in [-0.1, -0.05) is 57.2 Å². The molecular weight excluding hydrogens is 338 g/mol. The van der Waals surface area contributed by atoms with E-state index in [1.165, 1.54) is 11.1 Å². The molecule has 27 heavy (non-hydrogen) atoms. The van der Waals surface area contributed by atoms with E-state index < -0.39 is 0 Å². The Morgan fingerprint density at radius 3 is 2.33 bits per heavy atom. The number of fused-ring (bicyclic) bond motifs is 1. The van der Waals surface area contributed by atoms with Crippen molar-refractivity contribution >= 4 is 0 Å². The fourth-order valence-electron chi connectivity index (χ4n) is 3.86. The zero-order chi connectivity index (χ0) is 19.0. The first kappa shape index (κ1) is 18.3. The zero-order valence-corrected chi connectivity index (χ0v) is 16.7. The highest BCUT2D eigenvalue weighted by molar-refractivity contribution is 5.53. The second-order valence-electron chi connectivity index (χ2n) is 8.50. The van der Waals surface area contributed by atoms with Crippen LogP contribution in [0.2, 0.25) is 0 Å². The molecule has 1 fully saturated rings. The number of aryl methyl sites for hydroxylation is 1. The van der Waals surface area contributed by atoms with Gasteiger partial charge in [-0.15, -0.1) is 0 Å². The summed E-state index contributed by atoms with van der Waals surface area (Å²) in [6.07, 6.45) is -0.320. The van der Waals surface area contributed by atoms with Crippen LogP contribution < -0.4 is 9.47 Å². The smallest absolute Gasteiger partial charge is 0.194 e. The van der Waals surface area contributed by atoms with Gasteiger partial charge in [-0.25, -0.2) is 0 Å². The van der Waals surface area contributed by atoms with Crippen molar-refractivity contribution in [2.75, 3.05) is 26.3 Å². The molecule has 0 saturated carbocycles. The van der Waals surface area contributed by atoms with Gasteiger partial charge in [-0.2, -0.15) is 0 Å². The fourth-order valence-corrected chi connectivity index (χ4v) is 3.86. The summed E-state index contributed by atoms with van der Waals surface area (Å²) in [6, 6.07) is 14.7. The van der Waals surface area contributed by atoms with Crippen molar-refractivity contribution in [3.63, 3.8) is 0 Å². The highest BCUT2D eigenvalue weighted by Gasteiger charge is 2.40. The minimum Gasteiger partial charge on any atom is -0.476 e. The van der Waals surface area contributed by atoms with Crippen LogP contribution in [-0.4, -0.2) is 37.4 Å². The van der Waals surface area contributed by atoms with Gasteiger partial charge in [0.25, 0.3) is 0 Å². The van der Waals surface area contributed by atoms with Gasteiger partial charge in [-0.05, 0) is 29.5 Å². The Balaban J connectivity index is 1.78. The van der Waals surface area contributed by atoms with E-state index in [-0.39, 0.29) is 17.7 Å². The normalized spacial score (nSPS) is 23.3. The molecule has 2 heterocycles. The number of benzene rings is 2. The number of rotatable bonds is 2. The second kappa shape index (κ2) is 7.17. The topological polar surface area (TPSA) is 30.9 Å². The molecule has 0 radical (unpaired) electrons. The molecule has 144 valence electrons. The van der Waals surface area contributed by atoms with Crippen molar-refractivity contribution in [2.24, 2.45) is 0 Å². The molecule has 2 unspecified atom stereocenters. The maximum atomic E-state index is 6.70. The van der Waals surface area contributed by atoms with Crippen LogP contribution in [0.15, 0.2) is 42.5 Å². The van der Waals surface area contributed by atoms with Gasteiger partial charge < -0.3 is 14.2 Å². The number of hydrogen-bond donors (Lipinski definition) is 0. The average molecular weight is 367 g/mol. The molecule has 0 spiro atoms. The van der Waals surface area contributed by atoms with Crippen LogP contribution in [0.4, 0.5) is 0 Å². The molecule has 0 aliphatic carbocycles. The monoisotopic (exact) mass is 367 g/mol. The van der Waals surface area contributed by atoms with E-state index in [0.29, 0.717) is 0 Å². The molecule has 4 nitrogen and oxygen atoms in total. The highest BCUT2D eigenvalue weighted by atomic mass is 16.6. The van der Waals surface area contributed by atoms with E-state index in [4.69, 9.17) is 14.2 Å². The Labute approximate surface area is 162 Å². The number of hydrogen-bond acceptors (Lipinski definition) is 4. The predicted molar refractivity (Wildman–Crippen MR) is 106 cm³/mol. The van der Waals surface area contributed by atoms with Crippen molar-refractivity contribution in [1.82, 2.24) is 4.90 Å².